The second-order valence-electron chi connectivity index (χ2n) is 7.29. The predicted octanol–water partition coefficient (Wildman–Crippen LogP) is 3.71. The van der Waals surface area contributed by atoms with Crippen LogP contribution in [0.4, 0.5) is 0 Å². The van der Waals surface area contributed by atoms with Gasteiger partial charge in [-0.2, -0.15) is 5.10 Å². The van der Waals surface area contributed by atoms with E-state index in [-0.39, 0.29) is 0 Å². The largest absolute Gasteiger partial charge is 0.314 e. The quantitative estimate of drug-likeness (QED) is 0.857. The molecule has 0 radical (unpaired) electrons. The third-order valence-electron chi connectivity index (χ3n) is 5.01. The highest BCUT2D eigenvalue weighted by atomic mass is 15.3. The van der Waals surface area contributed by atoms with E-state index in [0.717, 1.165) is 13.0 Å². The molecule has 0 aliphatic heterocycles. The van der Waals surface area contributed by atoms with Crippen molar-refractivity contribution in [3.05, 3.63) is 18.0 Å². The molecule has 2 saturated carbocycles. The van der Waals surface area contributed by atoms with Crippen LogP contribution >= 0.6 is 0 Å². The highest BCUT2D eigenvalue weighted by Crippen LogP contribution is 2.47. The van der Waals surface area contributed by atoms with Gasteiger partial charge >= 0.3 is 0 Å². The molecule has 3 heteroatoms. The molecule has 0 saturated heterocycles. The van der Waals surface area contributed by atoms with Gasteiger partial charge in [0.2, 0.25) is 0 Å². The Bertz CT molecular complexity index is 425. The van der Waals surface area contributed by atoms with Crippen LogP contribution in [0.2, 0.25) is 0 Å². The third-order valence-corrected chi connectivity index (χ3v) is 5.01. The minimum atomic E-state index is 0.510. The molecule has 1 heterocycles. The van der Waals surface area contributed by atoms with Crippen LogP contribution in [0.15, 0.2) is 12.3 Å². The zero-order chi connectivity index (χ0) is 14.0. The number of rotatable bonds is 6. The lowest BCUT2D eigenvalue weighted by Crippen LogP contribution is -2.31. The van der Waals surface area contributed by atoms with Gasteiger partial charge in [0.25, 0.3) is 0 Å². The van der Waals surface area contributed by atoms with Gasteiger partial charge in [-0.3, -0.25) is 4.68 Å². The normalized spacial score (nSPS) is 22.4. The molecule has 0 unspecified atom stereocenters. The summed E-state index contributed by atoms with van der Waals surface area (Å²) in [6.45, 7) is 5.61. The highest BCUT2D eigenvalue weighted by Gasteiger charge is 2.42. The van der Waals surface area contributed by atoms with Crippen LogP contribution in [0.25, 0.3) is 0 Å². The van der Waals surface area contributed by atoms with Crippen LogP contribution in [0.3, 0.4) is 0 Å². The van der Waals surface area contributed by atoms with E-state index in [1.54, 1.807) is 0 Å². The minimum Gasteiger partial charge on any atom is -0.314 e. The summed E-state index contributed by atoms with van der Waals surface area (Å²) in [6, 6.07) is 3.51. The Morgan fingerprint density at radius 2 is 2.05 bits per heavy atom. The van der Waals surface area contributed by atoms with Crippen molar-refractivity contribution in [1.82, 2.24) is 15.1 Å². The van der Waals surface area contributed by atoms with Crippen LogP contribution in [-0.4, -0.2) is 22.4 Å². The lowest BCUT2D eigenvalue weighted by Gasteiger charge is -2.22. The highest BCUT2D eigenvalue weighted by molar-refractivity contribution is 5.09. The molecule has 2 fully saturated rings. The van der Waals surface area contributed by atoms with E-state index in [9.17, 15) is 0 Å². The van der Waals surface area contributed by atoms with Crippen LogP contribution in [0, 0.1) is 5.41 Å². The number of nitrogens with zero attached hydrogens (tertiary/aromatic N) is 2. The van der Waals surface area contributed by atoms with Gasteiger partial charge in [0, 0.05) is 18.8 Å². The van der Waals surface area contributed by atoms with Crippen molar-refractivity contribution in [2.24, 2.45) is 5.41 Å². The Morgan fingerprint density at radius 1 is 1.30 bits per heavy atom. The fourth-order valence-corrected chi connectivity index (χ4v) is 3.42. The molecule has 1 aromatic rings. The molecule has 3 nitrogen and oxygen atoms in total. The second-order valence-corrected chi connectivity index (χ2v) is 7.29. The summed E-state index contributed by atoms with van der Waals surface area (Å²) in [4.78, 5) is 0. The van der Waals surface area contributed by atoms with Crippen LogP contribution < -0.4 is 5.32 Å². The fraction of sp³-hybridized carbons (Fsp3) is 0.824. The van der Waals surface area contributed by atoms with Gasteiger partial charge in [0.1, 0.15) is 0 Å². The average Bonchev–Trinajstić information content (AvgIpc) is 3.06. The maximum atomic E-state index is 4.88. The summed E-state index contributed by atoms with van der Waals surface area (Å²) in [5.41, 5.74) is 1.81. The van der Waals surface area contributed by atoms with Crippen molar-refractivity contribution in [3.8, 4) is 0 Å². The molecule has 0 amide bonds. The maximum absolute atomic E-state index is 4.88. The third kappa shape index (κ3) is 3.43. The van der Waals surface area contributed by atoms with Gasteiger partial charge in [0.05, 0.1) is 11.7 Å². The van der Waals surface area contributed by atoms with Crippen LogP contribution in [-0.2, 0) is 6.42 Å². The van der Waals surface area contributed by atoms with Gasteiger partial charge in [-0.25, -0.2) is 0 Å². The smallest absolute Gasteiger partial charge is 0.0630 e. The molecule has 2 aliphatic carbocycles. The Morgan fingerprint density at radius 3 is 2.70 bits per heavy atom. The summed E-state index contributed by atoms with van der Waals surface area (Å²) < 4.78 is 2.25. The summed E-state index contributed by atoms with van der Waals surface area (Å²) >= 11 is 0. The first-order valence-electron chi connectivity index (χ1n) is 8.44. The molecular formula is C17H29N3. The molecule has 3 rings (SSSR count). The Balaban J connectivity index is 1.57. The lowest BCUT2D eigenvalue weighted by molar-refractivity contribution is 0.326. The Hall–Kier alpha value is -0.830. The van der Waals surface area contributed by atoms with E-state index in [1.807, 2.05) is 0 Å². The summed E-state index contributed by atoms with van der Waals surface area (Å²) in [7, 11) is 0. The molecule has 0 spiro atoms. The molecule has 112 valence electrons. The number of hydrogen-bond donors (Lipinski definition) is 1. The minimum absolute atomic E-state index is 0.510. The monoisotopic (exact) mass is 275 g/mol. The molecule has 0 bridgehead atoms. The number of aromatic nitrogens is 2. The molecule has 0 atom stereocenters. The maximum Gasteiger partial charge on any atom is 0.0630 e. The zero-order valence-corrected chi connectivity index (χ0v) is 13.1. The van der Waals surface area contributed by atoms with Gasteiger partial charge in [-0.05, 0) is 43.6 Å². The topological polar surface area (TPSA) is 29.9 Å². The van der Waals surface area contributed by atoms with Crippen molar-refractivity contribution in [2.75, 3.05) is 6.54 Å². The van der Waals surface area contributed by atoms with Crippen LogP contribution in [0.1, 0.15) is 70.5 Å². The summed E-state index contributed by atoms with van der Waals surface area (Å²) in [5.74, 6) is 0. The zero-order valence-electron chi connectivity index (χ0n) is 13.1. The van der Waals surface area contributed by atoms with Gasteiger partial charge in [-0.15, -0.1) is 0 Å². The first-order chi connectivity index (χ1) is 9.67. The van der Waals surface area contributed by atoms with Crippen molar-refractivity contribution in [1.29, 1.82) is 0 Å². The molecule has 2 aliphatic rings. The molecule has 1 aromatic heterocycles. The van der Waals surface area contributed by atoms with Gasteiger partial charge < -0.3 is 5.32 Å². The van der Waals surface area contributed by atoms with E-state index < -0.39 is 0 Å². The number of hydrogen-bond acceptors (Lipinski definition) is 2. The van der Waals surface area contributed by atoms with Crippen molar-refractivity contribution in [3.63, 3.8) is 0 Å². The predicted molar refractivity (Wildman–Crippen MR) is 82.9 cm³/mol. The van der Waals surface area contributed by atoms with E-state index in [1.165, 1.54) is 50.6 Å². The number of nitrogens with one attached hydrogen (secondary N) is 1. The summed E-state index contributed by atoms with van der Waals surface area (Å²) in [5, 5.41) is 8.48. The molecule has 1 N–H and O–H groups in total. The molecular weight excluding hydrogens is 246 g/mol. The first-order valence-corrected chi connectivity index (χ1v) is 8.44. The standard InChI is InChI=1S/C17H29N3/c1-14(2)18-13-17(9-10-17)12-15-8-11-20(19-15)16-6-4-3-5-7-16/h8,11,14,16,18H,3-7,9-10,12-13H2,1-2H3. The van der Waals surface area contributed by atoms with E-state index in [2.05, 4.69) is 36.1 Å². The summed E-state index contributed by atoms with van der Waals surface area (Å²) in [6.07, 6.45) is 12.9. The SMILES string of the molecule is CC(C)NCC1(Cc2ccn(C3CCCCC3)n2)CC1. The van der Waals surface area contributed by atoms with Crippen LogP contribution in [0.5, 0.6) is 0 Å². The van der Waals surface area contributed by atoms with E-state index >= 15 is 0 Å². The van der Waals surface area contributed by atoms with Gasteiger partial charge in [0.15, 0.2) is 0 Å². The van der Waals surface area contributed by atoms with E-state index in [4.69, 9.17) is 5.10 Å². The first kappa shape index (κ1) is 14.1. The molecule has 20 heavy (non-hydrogen) atoms. The van der Waals surface area contributed by atoms with Gasteiger partial charge in [-0.1, -0.05) is 33.1 Å². The van der Waals surface area contributed by atoms with Crippen molar-refractivity contribution >= 4 is 0 Å². The molecule has 0 aromatic carbocycles. The van der Waals surface area contributed by atoms with Crippen molar-refractivity contribution in [2.45, 2.75) is 77.3 Å². The Labute approximate surface area is 123 Å². The fourth-order valence-electron chi connectivity index (χ4n) is 3.42. The second kappa shape index (κ2) is 5.88. The van der Waals surface area contributed by atoms with Crippen molar-refractivity contribution < 1.29 is 0 Å². The Kier molecular flexibility index (Phi) is 4.16. The average molecular weight is 275 g/mol. The van der Waals surface area contributed by atoms with E-state index in [0.29, 0.717) is 17.5 Å². The lowest BCUT2D eigenvalue weighted by atomic mass is 9.96.